The topological polar surface area (TPSA) is 39.2 Å². The molecule has 0 spiro atoms. The average molecular weight is 199 g/mol. The number of aromatic nitrogens is 1. The molecule has 0 saturated heterocycles. The smallest absolute Gasteiger partial charge is 0.346 e. The van der Waals surface area contributed by atoms with Gasteiger partial charge in [-0.25, -0.2) is 4.79 Å². The van der Waals surface area contributed by atoms with Crippen LogP contribution in [-0.4, -0.2) is 11.0 Å². The van der Waals surface area contributed by atoms with Gasteiger partial charge in [0.25, 0.3) is 0 Å². The van der Waals surface area contributed by atoms with E-state index in [0.29, 0.717) is 5.57 Å². The number of rotatable bonds is 3. The van der Waals surface area contributed by atoms with Crippen LogP contribution in [0.4, 0.5) is 0 Å². The van der Waals surface area contributed by atoms with E-state index in [1.807, 2.05) is 18.2 Å². The first-order valence-corrected chi connectivity index (χ1v) is 4.56. The van der Waals surface area contributed by atoms with Crippen LogP contribution in [0.2, 0.25) is 0 Å². The van der Waals surface area contributed by atoms with Crippen molar-refractivity contribution in [2.24, 2.45) is 0 Å². The van der Waals surface area contributed by atoms with Crippen LogP contribution in [0.1, 0.15) is 5.69 Å². The normalized spacial score (nSPS) is 12.7. The lowest BCUT2D eigenvalue weighted by atomic mass is 10.3. The minimum Gasteiger partial charge on any atom is -0.455 e. The third-order valence-electron chi connectivity index (χ3n) is 1.90. The Morgan fingerprint density at radius 2 is 2.40 bits per heavy atom. The van der Waals surface area contributed by atoms with E-state index < -0.39 is 0 Å². The highest BCUT2D eigenvalue weighted by atomic mass is 16.5. The summed E-state index contributed by atoms with van der Waals surface area (Å²) in [7, 11) is 0. The highest BCUT2D eigenvalue weighted by Crippen LogP contribution is 2.06. The van der Waals surface area contributed by atoms with Crippen LogP contribution in [0.5, 0.6) is 0 Å². The van der Waals surface area contributed by atoms with E-state index in [0.717, 1.165) is 5.69 Å². The van der Waals surface area contributed by atoms with Crippen molar-refractivity contribution in [1.29, 1.82) is 0 Å². The molecular weight excluding hydrogens is 190 g/mol. The molecule has 1 heterocycles. The quantitative estimate of drug-likeness (QED) is 0.550. The van der Waals surface area contributed by atoms with Gasteiger partial charge in [-0.05, 0) is 24.3 Å². The van der Waals surface area contributed by atoms with E-state index in [1.165, 1.54) is 0 Å². The molecule has 1 aliphatic rings. The molecule has 0 saturated carbocycles. The molecule has 1 aromatic rings. The number of hydrogen-bond acceptors (Lipinski definition) is 3. The molecule has 0 atom stereocenters. The summed E-state index contributed by atoms with van der Waals surface area (Å²) in [6.07, 6.45) is 6.76. The number of esters is 1. The fraction of sp³-hybridized carbons (Fsp3) is 0.0833. The Balaban J connectivity index is 1.92. The highest BCUT2D eigenvalue weighted by molar-refractivity contribution is 5.92. The maximum absolute atomic E-state index is 11.4. The average Bonchev–Trinajstić information content (AvgIpc) is 2.81. The van der Waals surface area contributed by atoms with Crippen LogP contribution < -0.4 is 0 Å². The van der Waals surface area contributed by atoms with Crippen molar-refractivity contribution in [3.63, 3.8) is 0 Å². The lowest BCUT2D eigenvalue weighted by Crippen LogP contribution is -2.06. The summed E-state index contributed by atoms with van der Waals surface area (Å²) >= 11 is 0. The summed E-state index contributed by atoms with van der Waals surface area (Å²) in [4.78, 5) is 15.4. The molecule has 0 fully saturated rings. The largest absolute Gasteiger partial charge is 0.455 e. The van der Waals surface area contributed by atoms with Crippen LogP contribution in [0, 0.1) is 0 Å². The molecule has 0 radical (unpaired) electrons. The zero-order valence-electron chi connectivity index (χ0n) is 8.01. The van der Waals surface area contributed by atoms with Gasteiger partial charge in [-0.15, -0.1) is 5.73 Å². The highest BCUT2D eigenvalue weighted by Gasteiger charge is 2.09. The fourth-order valence-electron chi connectivity index (χ4n) is 1.16. The molecule has 1 aliphatic carbocycles. The van der Waals surface area contributed by atoms with Crippen molar-refractivity contribution in [3.05, 3.63) is 59.6 Å². The molecule has 74 valence electrons. The molecule has 0 aromatic carbocycles. The summed E-state index contributed by atoms with van der Waals surface area (Å²) in [6, 6.07) is 5.48. The zero-order chi connectivity index (χ0) is 10.5. The molecule has 3 nitrogen and oxygen atoms in total. The molecule has 3 heteroatoms. The van der Waals surface area contributed by atoms with Gasteiger partial charge in [0.05, 0.1) is 5.69 Å². The molecule has 0 unspecified atom stereocenters. The number of hydrogen-bond donors (Lipinski definition) is 0. The number of pyridine rings is 1. The number of ether oxygens (including phenoxy) is 1. The van der Waals surface area contributed by atoms with Crippen LogP contribution >= 0.6 is 0 Å². The number of carbonyl (C=O) groups excluding carboxylic acids is 1. The van der Waals surface area contributed by atoms with Crippen molar-refractivity contribution < 1.29 is 9.53 Å². The molecule has 0 aliphatic heterocycles. The molecule has 1 aromatic heterocycles. The number of allylic oxidation sites excluding steroid dienone is 1. The summed E-state index contributed by atoms with van der Waals surface area (Å²) in [5.41, 5.74) is 3.96. The van der Waals surface area contributed by atoms with Crippen LogP contribution in [0.3, 0.4) is 0 Å². The SMILES string of the molecule is O=C(OCc1ccccn1)C1=C=CC=C1. The lowest BCUT2D eigenvalue weighted by molar-refractivity contribution is -0.139. The van der Waals surface area contributed by atoms with Gasteiger partial charge in [0.2, 0.25) is 0 Å². The van der Waals surface area contributed by atoms with Crippen molar-refractivity contribution in [3.8, 4) is 0 Å². The summed E-state index contributed by atoms with van der Waals surface area (Å²) in [5, 5.41) is 0. The van der Waals surface area contributed by atoms with Crippen molar-refractivity contribution in [1.82, 2.24) is 4.98 Å². The second-order valence-electron chi connectivity index (χ2n) is 2.98. The standard InChI is InChI=1S/C12H9NO2/c14-12(10-5-1-2-6-10)15-9-11-7-3-4-8-13-11/h1-5,7-8H,9H2. The van der Waals surface area contributed by atoms with Crippen LogP contribution in [0.15, 0.2) is 53.9 Å². The third-order valence-corrected chi connectivity index (χ3v) is 1.90. The maximum Gasteiger partial charge on any atom is 0.346 e. The Morgan fingerprint density at radius 1 is 1.47 bits per heavy atom. The Morgan fingerprint density at radius 3 is 3.07 bits per heavy atom. The zero-order valence-corrected chi connectivity index (χ0v) is 8.01. The number of carbonyl (C=O) groups is 1. The summed E-state index contributed by atoms with van der Waals surface area (Å²) in [6.45, 7) is 0.193. The van der Waals surface area contributed by atoms with E-state index in [1.54, 1.807) is 24.4 Å². The van der Waals surface area contributed by atoms with Crippen molar-refractivity contribution >= 4 is 5.97 Å². The minimum atomic E-state index is -0.370. The first-order chi connectivity index (χ1) is 7.36. The lowest BCUT2D eigenvalue weighted by Gasteiger charge is -2.02. The van der Waals surface area contributed by atoms with E-state index in [4.69, 9.17) is 4.74 Å². The number of nitrogens with zero attached hydrogens (tertiary/aromatic N) is 1. The molecule has 15 heavy (non-hydrogen) atoms. The first kappa shape index (κ1) is 9.44. The summed E-state index contributed by atoms with van der Waals surface area (Å²) < 4.78 is 5.04. The Kier molecular flexibility index (Phi) is 2.77. The monoisotopic (exact) mass is 199 g/mol. The van der Waals surface area contributed by atoms with E-state index in [2.05, 4.69) is 10.7 Å². The molecule has 0 N–H and O–H groups in total. The maximum atomic E-state index is 11.4. The van der Waals surface area contributed by atoms with Gasteiger partial charge in [-0.1, -0.05) is 12.1 Å². The minimum absolute atomic E-state index is 0.193. The molecule has 0 amide bonds. The van der Waals surface area contributed by atoms with Gasteiger partial charge in [0.15, 0.2) is 0 Å². The van der Waals surface area contributed by atoms with Gasteiger partial charge in [0, 0.05) is 6.20 Å². The van der Waals surface area contributed by atoms with Crippen LogP contribution in [0.25, 0.3) is 0 Å². The Bertz CT molecular complexity index is 454. The second-order valence-corrected chi connectivity index (χ2v) is 2.98. The molecule has 2 rings (SSSR count). The fourth-order valence-corrected chi connectivity index (χ4v) is 1.16. The Labute approximate surface area is 87.4 Å². The molecule has 0 bridgehead atoms. The van der Waals surface area contributed by atoms with Gasteiger partial charge in [-0.3, -0.25) is 4.98 Å². The van der Waals surface area contributed by atoms with Gasteiger partial charge >= 0.3 is 5.97 Å². The van der Waals surface area contributed by atoms with E-state index in [9.17, 15) is 4.79 Å². The summed E-state index contributed by atoms with van der Waals surface area (Å²) in [5.74, 6) is -0.370. The van der Waals surface area contributed by atoms with Gasteiger partial charge in [-0.2, -0.15) is 0 Å². The van der Waals surface area contributed by atoms with E-state index >= 15 is 0 Å². The Hall–Kier alpha value is -2.12. The van der Waals surface area contributed by atoms with E-state index in [-0.39, 0.29) is 12.6 Å². The van der Waals surface area contributed by atoms with Crippen LogP contribution in [-0.2, 0) is 16.1 Å². The van der Waals surface area contributed by atoms with Gasteiger partial charge < -0.3 is 4.74 Å². The third kappa shape index (κ3) is 2.42. The van der Waals surface area contributed by atoms with Crippen molar-refractivity contribution in [2.45, 2.75) is 6.61 Å². The second kappa shape index (κ2) is 4.40. The molecular formula is C12H9NO2. The first-order valence-electron chi connectivity index (χ1n) is 4.56. The predicted octanol–water partition coefficient (Wildman–Crippen LogP) is 1.78. The van der Waals surface area contributed by atoms with Crippen molar-refractivity contribution in [2.75, 3.05) is 0 Å². The van der Waals surface area contributed by atoms with Gasteiger partial charge in [0.1, 0.15) is 12.2 Å². The predicted molar refractivity (Wildman–Crippen MR) is 54.8 cm³/mol.